The van der Waals surface area contributed by atoms with Gasteiger partial charge in [0.15, 0.2) is 0 Å². The molecule has 150 valence electrons. The molecule has 0 fully saturated rings. The molecule has 0 bridgehead atoms. The molecule has 2 aromatic rings. The van der Waals surface area contributed by atoms with Crippen LogP contribution in [0.5, 0.6) is 0 Å². The van der Waals surface area contributed by atoms with E-state index in [9.17, 15) is 9.59 Å². The van der Waals surface area contributed by atoms with Crippen LogP contribution in [-0.2, 0) is 4.74 Å². The van der Waals surface area contributed by atoms with Gasteiger partial charge in [0.25, 0.3) is 5.91 Å². The molecule has 2 aromatic carbocycles. The molecule has 0 aliphatic carbocycles. The number of amides is 2. The highest BCUT2D eigenvalue weighted by Crippen LogP contribution is 2.17. The molecule has 0 aromatic heterocycles. The maximum absolute atomic E-state index is 12.5. The zero-order valence-electron chi connectivity index (χ0n) is 17.2. The maximum Gasteiger partial charge on any atom is 0.412 e. The number of carbonyl (C=O) groups excluding carboxylic acids is 2. The second kappa shape index (κ2) is 9.37. The summed E-state index contributed by atoms with van der Waals surface area (Å²) < 4.78 is 5.21. The molecule has 2 rings (SSSR count). The van der Waals surface area contributed by atoms with Crippen molar-refractivity contribution < 1.29 is 14.3 Å². The average Bonchev–Trinajstić information content (AvgIpc) is 2.61. The molecule has 0 aliphatic heterocycles. The van der Waals surface area contributed by atoms with E-state index in [1.165, 1.54) is 0 Å². The molecule has 28 heavy (non-hydrogen) atoms. The second-order valence-corrected chi connectivity index (χ2v) is 7.80. The van der Waals surface area contributed by atoms with E-state index in [2.05, 4.69) is 15.5 Å². The Kier molecular flexibility index (Phi) is 7.18. The van der Waals surface area contributed by atoms with Crippen molar-refractivity contribution in [3.05, 3.63) is 65.7 Å². The smallest absolute Gasteiger partial charge is 0.412 e. The van der Waals surface area contributed by atoms with Crippen molar-refractivity contribution in [2.24, 2.45) is 0 Å². The predicted molar refractivity (Wildman–Crippen MR) is 112 cm³/mol. The van der Waals surface area contributed by atoms with Gasteiger partial charge in [-0.15, -0.1) is 0 Å². The molecule has 1 unspecified atom stereocenters. The van der Waals surface area contributed by atoms with Crippen molar-refractivity contribution in [2.45, 2.75) is 32.4 Å². The molecule has 0 aliphatic rings. The molecule has 2 N–H and O–H groups in total. The van der Waals surface area contributed by atoms with Crippen molar-refractivity contribution in [1.29, 1.82) is 0 Å². The van der Waals surface area contributed by atoms with Crippen molar-refractivity contribution in [3.8, 4) is 0 Å². The Morgan fingerprint density at radius 3 is 2.14 bits per heavy atom. The Morgan fingerprint density at radius 2 is 1.61 bits per heavy atom. The first-order valence-corrected chi connectivity index (χ1v) is 9.25. The van der Waals surface area contributed by atoms with Crippen LogP contribution in [0.25, 0.3) is 0 Å². The fraction of sp³-hybridized carbons (Fsp3) is 0.364. The van der Waals surface area contributed by atoms with Crippen LogP contribution < -0.4 is 10.6 Å². The summed E-state index contributed by atoms with van der Waals surface area (Å²) in [5.74, 6) is -0.161. The first kappa shape index (κ1) is 21.4. The van der Waals surface area contributed by atoms with Crippen molar-refractivity contribution in [3.63, 3.8) is 0 Å². The number of rotatable bonds is 6. The molecule has 0 saturated heterocycles. The molecule has 0 heterocycles. The number of nitrogens with one attached hydrogen (secondary N) is 2. The van der Waals surface area contributed by atoms with E-state index >= 15 is 0 Å². The number of anilines is 1. The van der Waals surface area contributed by atoms with Crippen LogP contribution in [0.2, 0.25) is 0 Å². The first-order valence-electron chi connectivity index (χ1n) is 9.25. The van der Waals surface area contributed by atoms with E-state index in [1.54, 1.807) is 45.0 Å². The zero-order chi connectivity index (χ0) is 20.7. The Labute approximate surface area is 166 Å². The van der Waals surface area contributed by atoms with Gasteiger partial charge in [0, 0.05) is 17.8 Å². The van der Waals surface area contributed by atoms with E-state index in [-0.39, 0.29) is 11.9 Å². The van der Waals surface area contributed by atoms with E-state index in [4.69, 9.17) is 4.74 Å². The zero-order valence-corrected chi connectivity index (χ0v) is 17.2. The van der Waals surface area contributed by atoms with Crippen LogP contribution in [0.1, 0.15) is 42.7 Å². The normalized spacial score (nSPS) is 12.4. The highest BCUT2D eigenvalue weighted by atomic mass is 16.6. The SMILES string of the molecule is CN(C)C(CNC(=O)c1ccc(NC(=O)OC(C)(C)C)cc1)c1ccccc1. The summed E-state index contributed by atoms with van der Waals surface area (Å²) in [6, 6.07) is 16.8. The summed E-state index contributed by atoms with van der Waals surface area (Å²) in [6.45, 7) is 5.90. The van der Waals surface area contributed by atoms with Crippen molar-refractivity contribution >= 4 is 17.7 Å². The minimum absolute atomic E-state index is 0.0817. The van der Waals surface area contributed by atoms with Gasteiger partial charge in [-0.05, 0) is 64.7 Å². The fourth-order valence-electron chi connectivity index (χ4n) is 2.69. The van der Waals surface area contributed by atoms with E-state index in [1.807, 2.05) is 44.4 Å². The Hall–Kier alpha value is -2.86. The second-order valence-electron chi connectivity index (χ2n) is 7.80. The Bertz CT molecular complexity index is 781. The highest BCUT2D eigenvalue weighted by molar-refractivity contribution is 5.95. The van der Waals surface area contributed by atoms with Gasteiger partial charge in [-0.1, -0.05) is 30.3 Å². The van der Waals surface area contributed by atoms with Gasteiger partial charge in [0.2, 0.25) is 0 Å². The molecular formula is C22H29N3O3. The van der Waals surface area contributed by atoms with E-state index in [0.29, 0.717) is 17.8 Å². The molecular weight excluding hydrogens is 354 g/mol. The highest BCUT2D eigenvalue weighted by Gasteiger charge is 2.17. The van der Waals surface area contributed by atoms with Crippen LogP contribution in [0, 0.1) is 0 Å². The van der Waals surface area contributed by atoms with E-state index < -0.39 is 11.7 Å². The molecule has 0 spiro atoms. The van der Waals surface area contributed by atoms with Crippen LogP contribution in [0.3, 0.4) is 0 Å². The van der Waals surface area contributed by atoms with Gasteiger partial charge >= 0.3 is 6.09 Å². The van der Waals surface area contributed by atoms with Crippen LogP contribution in [-0.4, -0.2) is 43.1 Å². The number of nitrogens with zero attached hydrogens (tertiary/aromatic N) is 1. The number of carbonyl (C=O) groups is 2. The lowest BCUT2D eigenvalue weighted by Crippen LogP contribution is -2.34. The molecule has 2 amide bonds. The number of hydrogen-bond acceptors (Lipinski definition) is 4. The Balaban J connectivity index is 1.94. The quantitative estimate of drug-likeness (QED) is 0.789. The molecule has 6 heteroatoms. The maximum atomic E-state index is 12.5. The predicted octanol–water partition coefficient (Wildman–Crippen LogP) is 4.07. The molecule has 0 radical (unpaired) electrons. The van der Waals surface area contributed by atoms with Crippen LogP contribution in [0.15, 0.2) is 54.6 Å². The first-order chi connectivity index (χ1) is 13.2. The van der Waals surface area contributed by atoms with Gasteiger partial charge in [-0.3, -0.25) is 10.1 Å². The largest absolute Gasteiger partial charge is 0.444 e. The summed E-state index contributed by atoms with van der Waals surface area (Å²) in [5.41, 5.74) is 1.68. The lowest BCUT2D eigenvalue weighted by atomic mass is 10.1. The average molecular weight is 383 g/mol. The monoisotopic (exact) mass is 383 g/mol. The van der Waals surface area contributed by atoms with Crippen LogP contribution >= 0.6 is 0 Å². The molecule has 1 atom stereocenters. The Morgan fingerprint density at radius 1 is 1.00 bits per heavy atom. The van der Waals surface area contributed by atoms with Gasteiger partial charge in [0.1, 0.15) is 5.60 Å². The van der Waals surface area contributed by atoms with Crippen molar-refractivity contribution in [1.82, 2.24) is 10.2 Å². The van der Waals surface area contributed by atoms with Gasteiger partial charge in [-0.2, -0.15) is 0 Å². The summed E-state index contributed by atoms with van der Waals surface area (Å²) >= 11 is 0. The lowest BCUT2D eigenvalue weighted by Gasteiger charge is -2.25. The number of hydrogen-bond donors (Lipinski definition) is 2. The third-order valence-electron chi connectivity index (χ3n) is 4.06. The van der Waals surface area contributed by atoms with E-state index in [0.717, 1.165) is 5.56 Å². The summed E-state index contributed by atoms with van der Waals surface area (Å²) in [7, 11) is 3.97. The third kappa shape index (κ3) is 6.70. The summed E-state index contributed by atoms with van der Waals surface area (Å²) in [4.78, 5) is 26.4. The fourth-order valence-corrected chi connectivity index (χ4v) is 2.69. The van der Waals surface area contributed by atoms with Crippen LogP contribution in [0.4, 0.5) is 10.5 Å². The number of likely N-dealkylation sites (N-methyl/N-ethyl adjacent to an activating group) is 1. The number of benzene rings is 2. The number of ether oxygens (including phenoxy) is 1. The van der Waals surface area contributed by atoms with Gasteiger partial charge in [0.05, 0.1) is 6.04 Å². The molecule has 6 nitrogen and oxygen atoms in total. The van der Waals surface area contributed by atoms with Gasteiger partial charge < -0.3 is 15.0 Å². The van der Waals surface area contributed by atoms with Gasteiger partial charge in [-0.25, -0.2) is 4.79 Å². The summed E-state index contributed by atoms with van der Waals surface area (Å²) in [6.07, 6.45) is -0.526. The topological polar surface area (TPSA) is 70.7 Å². The minimum Gasteiger partial charge on any atom is -0.444 e. The minimum atomic E-state index is -0.564. The molecule has 0 saturated carbocycles. The standard InChI is InChI=1S/C22H29N3O3/c1-22(2,3)28-21(27)24-18-13-11-17(12-14-18)20(26)23-15-19(25(4)5)16-9-7-6-8-10-16/h6-14,19H,15H2,1-5H3,(H,23,26)(H,24,27). The third-order valence-corrected chi connectivity index (χ3v) is 4.06. The van der Waals surface area contributed by atoms with Crippen molar-refractivity contribution in [2.75, 3.05) is 26.0 Å². The summed E-state index contributed by atoms with van der Waals surface area (Å²) in [5, 5.41) is 5.63. The lowest BCUT2D eigenvalue weighted by molar-refractivity contribution is 0.0635.